The first-order valence-corrected chi connectivity index (χ1v) is 7.46. The van der Waals surface area contributed by atoms with Crippen LogP contribution in [0.3, 0.4) is 0 Å². The molecule has 0 amide bonds. The first-order chi connectivity index (χ1) is 9.15. The van der Waals surface area contributed by atoms with E-state index in [0.29, 0.717) is 11.4 Å². The summed E-state index contributed by atoms with van der Waals surface area (Å²) in [4.78, 5) is 11.8. The molecule has 2 heterocycles. The van der Waals surface area contributed by atoms with Gasteiger partial charge < -0.3 is 5.11 Å². The molecule has 0 unspecified atom stereocenters. The largest absolute Gasteiger partial charge is 0.477 e. The zero-order valence-corrected chi connectivity index (χ0v) is 12.7. The predicted octanol–water partition coefficient (Wildman–Crippen LogP) is 3.45. The number of carboxylic acid groups (broad SMARTS) is 1. The lowest BCUT2D eigenvalue weighted by molar-refractivity contribution is 0.0701. The minimum atomic E-state index is -0.877. The van der Waals surface area contributed by atoms with Gasteiger partial charge in [0, 0.05) is 16.5 Å². The molecule has 0 spiro atoms. The van der Waals surface area contributed by atoms with Crippen LogP contribution in [-0.4, -0.2) is 20.9 Å². The molecule has 6 heteroatoms. The standard InChI is InChI=1S/C13H9IN2O2S/c14-8-5-15-16(6-8)7-10-9-3-1-2-4-11(9)19-12(10)13(17)18/h1-6H,7H2,(H,17,18). The number of aromatic nitrogens is 2. The molecular weight excluding hydrogens is 375 g/mol. The maximum Gasteiger partial charge on any atom is 0.346 e. The second-order valence-electron chi connectivity index (χ2n) is 4.07. The van der Waals surface area contributed by atoms with Crippen molar-refractivity contribution in [2.75, 3.05) is 0 Å². The molecule has 2 aromatic heterocycles. The molecule has 0 aliphatic carbocycles. The van der Waals surface area contributed by atoms with Crippen LogP contribution in [0.25, 0.3) is 10.1 Å². The second-order valence-corrected chi connectivity index (χ2v) is 6.37. The Hall–Kier alpha value is -1.41. The lowest BCUT2D eigenvalue weighted by Gasteiger charge is -2.02. The van der Waals surface area contributed by atoms with E-state index in [0.717, 1.165) is 19.2 Å². The number of nitrogens with zero attached hydrogens (tertiary/aromatic N) is 2. The first-order valence-electron chi connectivity index (χ1n) is 5.57. The summed E-state index contributed by atoms with van der Waals surface area (Å²) in [6, 6.07) is 7.76. The molecule has 0 saturated carbocycles. The van der Waals surface area contributed by atoms with Crippen molar-refractivity contribution in [2.45, 2.75) is 6.54 Å². The van der Waals surface area contributed by atoms with Gasteiger partial charge >= 0.3 is 5.97 Å². The highest BCUT2D eigenvalue weighted by Gasteiger charge is 2.17. The van der Waals surface area contributed by atoms with Crippen LogP contribution >= 0.6 is 33.9 Å². The minimum absolute atomic E-state index is 0.395. The maximum atomic E-state index is 11.4. The highest BCUT2D eigenvalue weighted by atomic mass is 127. The molecule has 0 saturated heterocycles. The summed E-state index contributed by atoms with van der Waals surface area (Å²) in [6.45, 7) is 0.481. The van der Waals surface area contributed by atoms with Crippen LogP contribution in [0.4, 0.5) is 0 Å². The monoisotopic (exact) mass is 384 g/mol. The zero-order valence-electron chi connectivity index (χ0n) is 9.71. The highest BCUT2D eigenvalue weighted by Crippen LogP contribution is 2.31. The van der Waals surface area contributed by atoms with Crippen molar-refractivity contribution in [3.8, 4) is 0 Å². The molecular formula is C13H9IN2O2S. The van der Waals surface area contributed by atoms with Crippen molar-refractivity contribution < 1.29 is 9.90 Å². The Kier molecular flexibility index (Phi) is 3.28. The van der Waals surface area contributed by atoms with E-state index in [-0.39, 0.29) is 0 Å². The third-order valence-corrected chi connectivity index (χ3v) is 4.57. The van der Waals surface area contributed by atoms with Crippen LogP contribution in [0.1, 0.15) is 15.2 Å². The summed E-state index contributed by atoms with van der Waals surface area (Å²) in [7, 11) is 0. The highest BCUT2D eigenvalue weighted by molar-refractivity contribution is 14.1. The van der Waals surface area contributed by atoms with Crippen LogP contribution in [-0.2, 0) is 6.54 Å². The van der Waals surface area contributed by atoms with E-state index in [1.165, 1.54) is 11.3 Å². The number of aromatic carboxylic acids is 1. The number of hydrogen-bond donors (Lipinski definition) is 1. The van der Waals surface area contributed by atoms with Crippen molar-refractivity contribution in [3.05, 3.63) is 50.7 Å². The molecule has 0 atom stereocenters. The van der Waals surface area contributed by atoms with Crippen molar-refractivity contribution in [3.63, 3.8) is 0 Å². The van der Waals surface area contributed by atoms with Gasteiger partial charge in [0.2, 0.25) is 0 Å². The van der Waals surface area contributed by atoms with Crippen LogP contribution in [0.5, 0.6) is 0 Å². The zero-order chi connectivity index (χ0) is 13.4. The maximum absolute atomic E-state index is 11.4. The Balaban J connectivity index is 2.14. The van der Waals surface area contributed by atoms with E-state index in [2.05, 4.69) is 27.7 Å². The Morgan fingerprint density at radius 1 is 1.42 bits per heavy atom. The molecule has 0 bridgehead atoms. The number of rotatable bonds is 3. The van der Waals surface area contributed by atoms with Crippen molar-refractivity contribution in [1.82, 2.24) is 9.78 Å². The Labute approximate surface area is 126 Å². The molecule has 19 heavy (non-hydrogen) atoms. The van der Waals surface area contributed by atoms with E-state index < -0.39 is 5.97 Å². The molecule has 3 rings (SSSR count). The van der Waals surface area contributed by atoms with Gasteiger partial charge in [-0.1, -0.05) is 18.2 Å². The second kappa shape index (κ2) is 4.93. The Bertz CT molecular complexity index is 763. The quantitative estimate of drug-likeness (QED) is 0.704. The van der Waals surface area contributed by atoms with Gasteiger partial charge in [-0.05, 0) is 34.0 Å². The summed E-state index contributed by atoms with van der Waals surface area (Å²) in [5, 5.41) is 14.5. The number of thiophene rings is 1. The van der Waals surface area contributed by atoms with Gasteiger partial charge in [-0.2, -0.15) is 5.10 Å². The van der Waals surface area contributed by atoms with E-state index in [4.69, 9.17) is 0 Å². The number of halogens is 1. The van der Waals surface area contributed by atoms with E-state index in [9.17, 15) is 9.90 Å². The van der Waals surface area contributed by atoms with Crippen molar-refractivity contribution >= 4 is 50.0 Å². The first kappa shape index (κ1) is 12.6. The third kappa shape index (κ3) is 2.37. The van der Waals surface area contributed by atoms with Gasteiger partial charge in [0.15, 0.2) is 0 Å². The predicted molar refractivity (Wildman–Crippen MR) is 82.8 cm³/mol. The van der Waals surface area contributed by atoms with Crippen LogP contribution in [0.15, 0.2) is 36.7 Å². The van der Waals surface area contributed by atoms with Gasteiger partial charge in [0.05, 0.1) is 16.3 Å². The third-order valence-electron chi connectivity index (χ3n) is 2.81. The van der Waals surface area contributed by atoms with Crippen LogP contribution in [0, 0.1) is 3.57 Å². The van der Waals surface area contributed by atoms with Crippen molar-refractivity contribution in [2.24, 2.45) is 0 Å². The minimum Gasteiger partial charge on any atom is -0.477 e. The summed E-state index contributed by atoms with van der Waals surface area (Å²) in [5.41, 5.74) is 0.826. The fourth-order valence-corrected chi connectivity index (χ4v) is 3.51. The fourth-order valence-electron chi connectivity index (χ4n) is 2.02. The molecule has 4 nitrogen and oxygen atoms in total. The molecule has 1 N–H and O–H groups in total. The van der Waals surface area contributed by atoms with Gasteiger partial charge in [0.25, 0.3) is 0 Å². The molecule has 1 aromatic carbocycles. The molecule has 0 aliphatic rings. The van der Waals surface area contributed by atoms with E-state index >= 15 is 0 Å². The normalized spacial score (nSPS) is 11.0. The topological polar surface area (TPSA) is 55.1 Å². The van der Waals surface area contributed by atoms with Gasteiger partial charge in [-0.3, -0.25) is 4.68 Å². The average Bonchev–Trinajstić information content (AvgIpc) is 2.95. The summed E-state index contributed by atoms with van der Waals surface area (Å²) in [6.07, 6.45) is 3.66. The van der Waals surface area contributed by atoms with Crippen molar-refractivity contribution in [1.29, 1.82) is 0 Å². The van der Waals surface area contributed by atoms with Crippen LogP contribution in [0.2, 0.25) is 0 Å². The van der Waals surface area contributed by atoms with E-state index in [1.807, 2.05) is 30.5 Å². The smallest absolute Gasteiger partial charge is 0.346 e. The lowest BCUT2D eigenvalue weighted by atomic mass is 10.1. The Morgan fingerprint density at radius 2 is 2.21 bits per heavy atom. The number of fused-ring (bicyclic) bond motifs is 1. The number of carbonyl (C=O) groups is 1. The Morgan fingerprint density at radius 3 is 2.89 bits per heavy atom. The lowest BCUT2D eigenvalue weighted by Crippen LogP contribution is -2.04. The summed E-state index contributed by atoms with van der Waals surface area (Å²) in [5.74, 6) is -0.877. The summed E-state index contributed by atoms with van der Waals surface area (Å²) >= 11 is 3.50. The molecule has 3 aromatic rings. The molecule has 96 valence electrons. The average molecular weight is 384 g/mol. The SMILES string of the molecule is O=C(O)c1sc2ccccc2c1Cn1cc(I)cn1. The van der Waals surface area contributed by atoms with Crippen LogP contribution < -0.4 is 0 Å². The molecule has 0 aliphatic heterocycles. The number of benzene rings is 1. The van der Waals surface area contributed by atoms with Gasteiger partial charge in [-0.15, -0.1) is 11.3 Å². The van der Waals surface area contributed by atoms with Gasteiger partial charge in [0.1, 0.15) is 4.88 Å². The summed E-state index contributed by atoms with van der Waals surface area (Å²) < 4.78 is 3.80. The fraction of sp³-hybridized carbons (Fsp3) is 0.0769. The number of carboxylic acids is 1. The molecule has 0 fully saturated rings. The van der Waals surface area contributed by atoms with E-state index in [1.54, 1.807) is 10.9 Å². The van der Waals surface area contributed by atoms with Gasteiger partial charge in [-0.25, -0.2) is 4.79 Å². The molecule has 0 radical (unpaired) electrons. The number of hydrogen-bond acceptors (Lipinski definition) is 3.